The molecule has 1 heterocycles. The predicted molar refractivity (Wildman–Crippen MR) is 83.9 cm³/mol. The molecule has 1 aliphatic rings. The van der Waals surface area contributed by atoms with Gasteiger partial charge >= 0.3 is 0 Å². The van der Waals surface area contributed by atoms with E-state index in [1.165, 1.54) is 4.31 Å². The molecule has 1 aliphatic heterocycles. The minimum Gasteiger partial charge on any atom is -0.395 e. The maximum atomic E-state index is 13.1. The summed E-state index contributed by atoms with van der Waals surface area (Å²) in [4.78, 5) is 0.411. The van der Waals surface area contributed by atoms with Crippen LogP contribution in [0.5, 0.6) is 0 Å². The van der Waals surface area contributed by atoms with Crippen LogP contribution in [0.15, 0.2) is 17.0 Å². The Bertz CT molecular complexity index is 587. The highest BCUT2D eigenvalue weighted by Gasteiger charge is 2.33. The Balaban J connectivity index is 2.50. The Morgan fingerprint density at radius 3 is 2.33 bits per heavy atom. The quantitative estimate of drug-likeness (QED) is 0.933. The molecule has 0 bridgehead atoms. The van der Waals surface area contributed by atoms with Crippen molar-refractivity contribution in [3.63, 3.8) is 0 Å². The smallest absolute Gasteiger partial charge is 0.243 e. The zero-order valence-electron chi connectivity index (χ0n) is 13.1. The maximum absolute atomic E-state index is 13.1. The third kappa shape index (κ3) is 3.30. The molecule has 0 amide bonds. The van der Waals surface area contributed by atoms with E-state index in [-0.39, 0.29) is 12.6 Å². The number of hydrogen-bond donors (Lipinski definition) is 1. The molecule has 1 saturated heterocycles. The number of aliphatic hydroxyl groups excluding tert-OH is 1. The minimum atomic E-state index is -3.55. The molecule has 2 rings (SSSR count). The van der Waals surface area contributed by atoms with Crippen molar-refractivity contribution in [1.29, 1.82) is 0 Å². The number of aliphatic hydroxyl groups is 1. The summed E-state index contributed by atoms with van der Waals surface area (Å²) >= 11 is 0. The van der Waals surface area contributed by atoms with E-state index in [0.29, 0.717) is 11.4 Å². The molecule has 1 atom stereocenters. The summed E-state index contributed by atoms with van der Waals surface area (Å²) in [5.74, 6) is 0. The van der Waals surface area contributed by atoms with Gasteiger partial charge < -0.3 is 5.11 Å². The number of nitrogens with zero attached hydrogens (tertiary/aromatic N) is 1. The molecule has 1 aromatic carbocycles. The highest BCUT2D eigenvalue weighted by Crippen LogP contribution is 2.29. The van der Waals surface area contributed by atoms with Crippen molar-refractivity contribution >= 4 is 10.0 Å². The van der Waals surface area contributed by atoms with E-state index in [1.807, 2.05) is 32.9 Å². The van der Waals surface area contributed by atoms with Gasteiger partial charge in [0, 0.05) is 12.6 Å². The lowest BCUT2D eigenvalue weighted by atomic mass is 10.1. The monoisotopic (exact) mass is 311 g/mol. The van der Waals surface area contributed by atoms with Crippen LogP contribution in [-0.4, -0.2) is 37.0 Å². The Hall–Kier alpha value is -0.910. The van der Waals surface area contributed by atoms with E-state index in [4.69, 9.17) is 0 Å². The number of sulfonamides is 1. The molecule has 1 N–H and O–H groups in total. The van der Waals surface area contributed by atoms with Crippen LogP contribution in [0.3, 0.4) is 0 Å². The fourth-order valence-electron chi connectivity index (χ4n) is 3.34. The third-order valence-corrected chi connectivity index (χ3v) is 6.46. The average Bonchev–Trinajstić information content (AvgIpc) is 2.62. The molecule has 5 heteroatoms. The zero-order chi connectivity index (χ0) is 15.6. The highest BCUT2D eigenvalue weighted by atomic mass is 32.2. The Labute approximate surface area is 127 Å². The predicted octanol–water partition coefficient (Wildman–Crippen LogP) is 2.54. The highest BCUT2D eigenvalue weighted by molar-refractivity contribution is 7.89. The van der Waals surface area contributed by atoms with E-state index in [2.05, 4.69) is 0 Å². The second kappa shape index (κ2) is 6.46. The van der Waals surface area contributed by atoms with E-state index in [0.717, 1.165) is 42.4 Å². The van der Waals surface area contributed by atoms with Gasteiger partial charge in [-0.05, 0) is 44.7 Å². The standard InChI is InChI=1S/C16H25NO3S/c1-12-9-13(2)16(14(3)10-12)21(19,20)17-8-6-4-5-7-15(17)11-18/h9-10,15,18H,4-8,11H2,1-3H3. The topological polar surface area (TPSA) is 57.6 Å². The first-order valence-corrected chi connectivity index (χ1v) is 9.02. The van der Waals surface area contributed by atoms with Crippen molar-refractivity contribution in [3.8, 4) is 0 Å². The van der Waals surface area contributed by atoms with E-state index in [9.17, 15) is 13.5 Å². The van der Waals surface area contributed by atoms with Crippen molar-refractivity contribution in [2.75, 3.05) is 13.2 Å². The lowest BCUT2D eigenvalue weighted by molar-refractivity contribution is 0.186. The lowest BCUT2D eigenvalue weighted by Crippen LogP contribution is -2.42. The first-order valence-electron chi connectivity index (χ1n) is 7.58. The van der Waals surface area contributed by atoms with Crippen LogP contribution in [0, 0.1) is 20.8 Å². The molecular formula is C16H25NO3S. The molecule has 4 nitrogen and oxygen atoms in total. The van der Waals surface area contributed by atoms with Crippen LogP contribution in [0.2, 0.25) is 0 Å². The molecule has 1 unspecified atom stereocenters. The summed E-state index contributed by atoms with van der Waals surface area (Å²) in [7, 11) is -3.55. The lowest BCUT2D eigenvalue weighted by Gasteiger charge is -2.29. The van der Waals surface area contributed by atoms with E-state index < -0.39 is 10.0 Å². The van der Waals surface area contributed by atoms with Gasteiger partial charge in [0.05, 0.1) is 11.5 Å². The SMILES string of the molecule is Cc1cc(C)c(S(=O)(=O)N2CCCCCC2CO)c(C)c1. The number of rotatable bonds is 3. The first-order chi connectivity index (χ1) is 9.87. The summed E-state index contributed by atoms with van der Waals surface area (Å²) in [6.45, 7) is 6.06. The fourth-order valence-corrected chi connectivity index (χ4v) is 5.44. The summed E-state index contributed by atoms with van der Waals surface area (Å²) < 4.78 is 27.7. The largest absolute Gasteiger partial charge is 0.395 e. The molecule has 0 saturated carbocycles. The van der Waals surface area contributed by atoms with Crippen molar-refractivity contribution in [1.82, 2.24) is 4.31 Å². The van der Waals surface area contributed by atoms with Crippen LogP contribution < -0.4 is 0 Å². The molecular weight excluding hydrogens is 286 g/mol. The summed E-state index contributed by atoms with van der Waals surface area (Å²) in [6.07, 6.45) is 3.59. The van der Waals surface area contributed by atoms with Crippen molar-refractivity contribution in [3.05, 3.63) is 28.8 Å². The van der Waals surface area contributed by atoms with Crippen molar-refractivity contribution in [2.45, 2.75) is 57.4 Å². The molecule has 0 radical (unpaired) electrons. The van der Waals surface area contributed by atoms with Gasteiger partial charge in [-0.15, -0.1) is 0 Å². The molecule has 1 fully saturated rings. The van der Waals surface area contributed by atoms with Gasteiger partial charge in [0.1, 0.15) is 0 Å². The zero-order valence-corrected chi connectivity index (χ0v) is 13.9. The van der Waals surface area contributed by atoms with Gasteiger partial charge in [-0.25, -0.2) is 8.42 Å². The van der Waals surface area contributed by atoms with Crippen LogP contribution >= 0.6 is 0 Å². The van der Waals surface area contributed by atoms with Crippen molar-refractivity contribution in [2.24, 2.45) is 0 Å². The van der Waals surface area contributed by atoms with Gasteiger partial charge in [0.15, 0.2) is 0 Å². The van der Waals surface area contributed by atoms with E-state index in [1.54, 1.807) is 0 Å². The van der Waals surface area contributed by atoms with Crippen LogP contribution in [-0.2, 0) is 10.0 Å². The van der Waals surface area contributed by atoms with Gasteiger partial charge in [0.25, 0.3) is 0 Å². The van der Waals surface area contributed by atoms with Gasteiger partial charge in [-0.1, -0.05) is 30.5 Å². The molecule has 0 aromatic heterocycles. The molecule has 1 aromatic rings. The van der Waals surface area contributed by atoms with Crippen LogP contribution in [0.25, 0.3) is 0 Å². The Morgan fingerprint density at radius 1 is 1.14 bits per heavy atom. The van der Waals surface area contributed by atoms with Crippen molar-refractivity contribution < 1.29 is 13.5 Å². The third-order valence-electron chi connectivity index (χ3n) is 4.21. The molecule has 0 spiro atoms. The fraction of sp³-hybridized carbons (Fsp3) is 0.625. The number of benzene rings is 1. The maximum Gasteiger partial charge on any atom is 0.243 e. The molecule has 118 valence electrons. The summed E-state index contributed by atoms with van der Waals surface area (Å²) in [6, 6.07) is 3.52. The Morgan fingerprint density at radius 2 is 1.76 bits per heavy atom. The second-order valence-electron chi connectivity index (χ2n) is 6.03. The van der Waals surface area contributed by atoms with E-state index >= 15 is 0 Å². The first kappa shape index (κ1) is 16.5. The van der Waals surface area contributed by atoms with Gasteiger partial charge in [-0.3, -0.25) is 0 Å². The number of hydrogen-bond acceptors (Lipinski definition) is 3. The minimum absolute atomic E-state index is 0.108. The van der Waals surface area contributed by atoms with Crippen LogP contribution in [0.1, 0.15) is 42.4 Å². The molecule has 0 aliphatic carbocycles. The molecule has 21 heavy (non-hydrogen) atoms. The van der Waals surface area contributed by atoms with Gasteiger partial charge in [-0.2, -0.15) is 4.31 Å². The van der Waals surface area contributed by atoms with Gasteiger partial charge in [0.2, 0.25) is 10.0 Å². The van der Waals surface area contributed by atoms with Crippen LogP contribution in [0.4, 0.5) is 0 Å². The average molecular weight is 311 g/mol. The summed E-state index contributed by atoms with van der Waals surface area (Å²) in [5, 5.41) is 9.57. The Kier molecular flexibility index (Phi) is 5.07. The summed E-state index contributed by atoms with van der Waals surface area (Å²) in [5.41, 5.74) is 2.64. The normalized spacial score (nSPS) is 21.2. The second-order valence-corrected chi connectivity index (χ2v) is 7.86. The number of aryl methyl sites for hydroxylation is 3.